The van der Waals surface area contributed by atoms with Crippen molar-refractivity contribution in [2.45, 2.75) is 6.92 Å². The Hall–Kier alpha value is -2.83. The molecule has 0 radical (unpaired) electrons. The number of fused-ring (bicyclic) bond motifs is 1. The number of carboxylic acids is 1. The molecule has 0 spiro atoms. The monoisotopic (exact) mass is 259 g/mol. The Bertz CT molecular complexity index is 840. The zero-order valence-electron chi connectivity index (χ0n) is 9.85. The minimum Gasteiger partial charge on any atom is -0.477 e. The Morgan fingerprint density at radius 3 is 2.89 bits per heavy atom. The van der Waals surface area contributed by atoms with Crippen LogP contribution in [0.1, 0.15) is 16.3 Å². The van der Waals surface area contributed by atoms with Gasteiger partial charge in [0.05, 0.1) is 5.52 Å². The molecule has 0 aliphatic rings. The highest BCUT2D eigenvalue weighted by Gasteiger charge is 2.17. The SMILES string of the molecule is Cc1nc(-c2ccc3oc(=O)[nH]c3c2)c(C(=O)O)[nH]1. The fraction of sp³-hybridized carbons (Fsp3) is 0.0833. The lowest BCUT2D eigenvalue weighted by atomic mass is 10.1. The van der Waals surface area contributed by atoms with E-state index in [1.807, 2.05) is 0 Å². The molecule has 2 aromatic heterocycles. The summed E-state index contributed by atoms with van der Waals surface area (Å²) in [5, 5.41) is 9.11. The van der Waals surface area contributed by atoms with Gasteiger partial charge in [0.25, 0.3) is 0 Å². The van der Waals surface area contributed by atoms with Gasteiger partial charge in [0, 0.05) is 5.56 Å². The maximum Gasteiger partial charge on any atom is 0.417 e. The van der Waals surface area contributed by atoms with Crippen molar-refractivity contribution in [1.82, 2.24) is 15.0 Å². The molecular weight excluding hydrogens is 250 g/mol. The molecule has 1 aromatic carbocycles. The summed E-state index contributed by atoms with van der Waals surface area (Å²) < 4.78 is 4.89. The number of carbonyl (C=O) groups is 1. The van der Waals surface area contributed by atoms with Gasteiger partial charge in [0.2, 0.25) is 0 Å². The van der Waals surface area contributed by atoms with Gasteiger partial charge in [-0.25, -0.2) is 14.6 Å². The van der Waals surface area contributed by atoms with E-state index in [0.29, 0.717) is 28.2 Å². The van der Waals surface area contributed by atoms with Gasteiger partial charge in [0.15, 0.2) is 11.3 Å². The minimum absolute atomic E-state index is 0.0164. The molecule has 7 heteroatoms. The smallest absolute Gasteiger partial charge is 0.417 e. The van der Waals surface area contributed by atoms with E-state index in [1.54, 1.807) is 25.1 Å². The van der Waals surface area contributed by atoms with Crippen molar-refractivity contribution in [1.29, 1.82) is 0 Å². The molecular formula is C12H9N3O4. The third-order valence-corrected chi connectivity index (χ3v) is 2.73. The first kappa shape index (κ1) is 11.3. The number of aromatic amines is 2. The summed E-state index contributed by atoms with van der Waals surface area (Å²) in [5.74, 6) is -1.13. The third kappa shape index (κ3) is 1.81. The van der Waals surface area contributed by atoms with Crippen LogP contribution in [0.4, 0.5) is 0 Å². The maximum atomic E-state index is 11.1. The van der Waals surface area contributed by atoms with Crippen LogP contribution in [0, 0.1) is 6.92 Å². The van der Waals surface area contributed by atoms with E-state index in [1.165, 1.54) is 0 Å². The highest BCUT2D eigenvalue weighted by Crippen LogP contribution is 2.24. The van der Waals surface area contributed by atoms with E-state index in [4.69, 9.17) is 9.52 Å². The average Bonchev–Trinajstić information content (AvgIpc) is 2.89. The van der Waals surface area contributed by atoms with Gasteiger partial charge in [-0.05, 0) is 25.1 Å². The summed E-state index contributed by atoms with van der Waals surface area (Å²) in [6.45, 7) is 1.67. The van der Waals surface area contributed by atoms with Gasteiger partial charge in [-0.2, -0.15) is 0 Å². The molecule has 0 atom stereocenters. The third-order valence-electron chi connectivity index (χ3n) is 2.73. The van der Waals surface area contributed by atoms with Crippen LogP contribution >= 0.6 is 0 Å². The number of imidazole rings is 1. The van der Waals surface area contributed by atoms with Crippen LogP contribution in [0.15, 0.2) is 27.4 Å². The van der Waals surface area contributed by atoms with Gasteiger partial charge >= 0.3 is 11.7 Å². The minimum atomic E-state index is -1.09. The second-order valence-corrected chi connectivity index (χ2v) is 4.08. The fourth-order valence-electron chi connectivity index (χ4n) is 1.95. The second-order valence-electron chi connectivity index (χ2n) is 4.08. The Balaban J connectivity index is 2.23. The Morgan fingerprint density at radius 2 is 2.16 bits per heavy atom. The fourth-order valence-corrected chi connectivity index (χ4v) is 1.95. The lowest BCUT2D eigenvalue weighted by Crippen LogP contribution is -1.99. The van der Waals surface area contributed by atoms with Crippen molar-refractivity contribution in [3.8, 4) is 11.3 Å². The van der Waals surface area contributed by atoms with Crippen molar-refractivity contribution in [2.24, 2.45) is 0 Å². The van der Waals surface area contributed by atoms with Crippen molar-refractivity contribution < 1.29 is 14.3 Å². The predicted molar refractivity (Wildman–Crippen MR) is 66.1 cm³/mol. The first-order chi connectivity index (χ1) is 9.04. The summed E-state index contributed by atoms with van der Waals surface area (Å²) >= 11 is 0. The number of hydrogen-bond acceptors (Lipinski definition) is 4. The average molecular weight is 259 g/mol. The van der Waals surface area contributed by atoms with Crippen LogP contribution in [0.5, 0.6) is 0 Å². The van der Waals surface area contributed by atoms with Crippen LogP contribution in [-0.2, 0) is 0 Å². The molecule has 2 heterocycles. The van der Waals surface area contributed by atoms with Crippen molar-refractivity contribution >= 4 is 17.1 Å². The normalized spacial score (nSPS) is 11.0. The number of nitrogens with one attached hydrogen (secondary N) is 2. The molecule has 0 aliphatic carbocycles. The van der Waals surface area contributed by atoms with Crippen LogP contribution in [0.25, 0.3) is 22.4 Å². The highest BCUT2D eigenvalue weighted by molar-refractivity contribution is 5.94. The molecule has 0 unspecified atom stereocenters. The Morgan fingerprint density at radius 1 is 1.37 bits per heavy atom. The molecule has 3 rings (SSSR count). The molecule has 0 saturated carbocycles. The standard InChI is InChI=1S/C12H9N3O4/c1-5-13-9(10(14-5)11(16)17)6-2-3-8-7(4-6)15-12(18)19-8/h2-4H,1H3,(H,13,14)(H,15,18)(H,16,17). The molecule has 0 amide bonds. The summed E-state index contributed by atoms with van der Waals surface area (Å²) in [5.41, 5.74) is 1.85. The zero-order chi connectivity index (χ0) is 13.6. The number of H-pyrrole nitrogens is 2. The molecule has 3 N–H and O–H groups in total. The van der Waals surface area contributed by atoms with E-state index in [-0.39, 0.29) is 5.69 Å². The largest absolute Gasteiger partial charge is 0.477 e. The number of rotatable bonds is 2. The molecule has 0 fully saturated rings. The van der Waals surface area contributed by atoms with Crippen LogP contribution < -0.4 is 5.76 Å². The summed E-state index contributed by atoms with van der Waals surface area (Å²) in [7, 11) is 0. The second kappa shape index (κ2) is 3.84. The molecule has 0 bridgehead atoms. The Kier molecular flexibility index (Phi) is 2.28. The topological polar surface area (TPSA) is 112 Å². The van der Waals surface area contributed by atoms with E-state index >= 15 is 0 Å². The summed E-state index contributed by atoms with van der Waals surface area (Å²) in [6, 6.07) is 4.88. The van der Waals surface area contributed by atoms with E-state index in [9.17, 15) is 9.59 Å². The van der Waals surface area contributed by atoms with Crippen molar-refractivity contribution in [3.63, 3.8) is 0 Å². The van der Waals surface area contributed by atoms with E-state index in [2.05, 4.69) is 15.0 Å². The highest BCUT2D eigenvalue weighted by atomic mass is 16.4. The number of aryl methyl sites for hydroxylation is 1. The number of aromatic nitrogens is 3. The van der Waals surface area contributed by atoms with Gasteiger partial charge < -0.3 is 14.5 Å². The van der Waals surface area contributed by atoms with Crippen molar-refractivity contribution in [3.05, 3.63) is 40.3 Å². The summed E-state index contributed by atoms with van der Waals surface area (Å²) in [6.07, 6.45) is 0. The van der Waals surface area contributed by atoms with Crippen molar-refractivity contribution in [2.75, 3.05) is 0 Å². The molecule has 0 saturated heterocycles. The molecule has 3 aromatic rings. The predicted octanol–water partition coefficient (Wildman–Crippen LogP) is 1.52. The zero-order valence-corrected chi connectivity index (χ0v) is 9.85. The lowest BCUT2D eigenvalue weighted by molar-refractivity contribution is 0.0692. The van der Waals surface area contributed by atoms with Crippen LogP contribution in [0.3, 0.4) is 0 Å². The number of nitrogens with zero attached hydrogens (tertiary/aromatic N) is 1. The quantitative estimate of drug-likeness (QED) is 0.645. The Labute approximate surface area is 105 Å². The molecule has 19 heavy (non-hydrogen) atoms. The first-order valence-corrected chi connectivity index (χ1v) is 5.48. The van der Waals surface area contributed by atoms with E-state index in [0.717, 1.165) is 0 Å². The van der Waals surface area contributed by atoms with Crippen LogP contribution in [0.2, 0.25) is 0 Å². The first-order valence-electron chi connectivity index (χ1n) is 5.48. The van der Waals surface area contributed by atoms with Gasteiger partial charge in [-0.15, -0.1) is 0 Å². The summed E-state index contributed by atoms with van der Waals surface area (Å²) in [4.78, 5) is 31.6. The number of carboxylic acid groups (broad SMARTS) is 1. The van der Waals surface area contributed by atoms with Crippen LogP contribution in [-0.4, -0.2) is 26.0 Å². The lowest BCUT2D eigenvalue weighted by Gasteiger charge is -1.98. The number of aromatic carboxylic acids is 1. The molecule has 0 aliphatic heterocycles. The van der Waals surface area contributed by atoms with Gasteiger partial charge in [-0.3, -0.25) is 4.98 Å². The van der Waals surface area contributed by atoms with Gasteiger partial charge in [0.1, 0.15) is 11.5 Å². The van der Waals surface area contributed by atoms with Gasteiger partial charge in [-0.1, -0.05) is 0 Å². The maximum absolute atomic E-state index is 11.1. The molecule has 96 valence electrons. The number of benzene rings is 1. The van der Waals surface area contributed by atoms with E-state index < -0.39 is 11.7 Å². The number of hydrogen-bond donors (Lipinski definition) is 3. The molecule has 7 nitrogen and oxygen atoms in total. The number of oxazole rings is 1.